The van der Waals surface area contributed by atoms with Crippen molar-refractivity contribution in [3.8, 4) is 0 Å². The van der Waals surface area contributed by atoms with E-state index in [1.54, 1.807) is 12.1 Å². The molecule has 0 radical (unpaired) electrons. The van der Waals surface area contributed by atoms with Crippen molar-refractivity contribution < 1.29 is 14.6 Å². The van der Waals surface area contributed by atoms with Gasteiger partial charge in [0.2, 0.25) is 0 Å². The van der Waals surface area contributed by atoms with Crippen molar-refractivity contribution in [3.63, 3.8) is 0 Å². The maximum atomic E-state index is 10.9. The number of nitrogens with one attached hydrogen (secondary N) is 1. The van der Waals surface area contributed by atoms with Crippen molar-refractivity contribution in [1.82, 2.24) is 0 Å². The van der Waals surface area contributed by atoms with Crippen molar-refractivity contribution >= 4 is 27.6 Å². The van der Waals surface area contributed by atoms with Gasteiger partial charge in [-0.1, -0.05) is 15.9 Å². The summed E-state index contributed by atoms with van der Waals surface area (Å²) in [6.45, 7) is 2.51. The van der Waals surface area contributed by atoms with E-state index in [1.165, 1.54) is 0 Å². The number of anilines is 1. The average molecular weight is 314 g/mol. The lowest BCUT2D eigenvalue weighted by molar-refractivity contribution is 0.0696. The number of benzene rings is 1. The molecular weight excluding hydrogens is 298 g/mol. The van der Waals surface area contributed by atoms with Crippen LogP contribution < -0.4 is 5.32 Å². The Kier molecular flexibility index (Phi) is 4.60. The quantitative estimate of drug-likeness (QED) is 0.897. The van der Waals surface area contributed by atoms with Gasteiger partial charge in [-0.05, 0) is 37.0 Å². The van der Waals surface area contributed by atoms with Crippen molar-refractivity contribution in [2.24, 2.45) is 5.92 Å². The molecule has 2 rings (SSSR count). The Bertz CT molecular complexity index is 430. The highest BCUT2D eigenvalue weighted by Gasteiger charge is 2.13. The SMILES string of the molecule is O=C(O)c1cc(Br)cc(NCC2CCOCC2)c1. The fourth-order valence-corrected chi connectivity index (χ4v) is 2.52. The molecule has 0 bridgehead atoms. The molecule has 0 saturated carbocycles. The first-order valence-electron chi connectivity index (χ1n) is 6.00. The molecule has 5 heteroatoms. The molecule has 1 fully saturated rings. The van der Waals surface area contributed by atoms with Crippen LogP contribution in [0.2, 0.25) is 0 Å². The highest BCUT2D eigenvalue weighted by molar-refractivity contribution is 9.10. The Labute approximate surface area is 114 Å². The molecule has 1 aliphatic heterocycles. The summed E-state index contributed by atoms with van der Waals surface area (Å²) in [5.74, 6) is -0.309. The number of halogens is 1. The van der Waals surface area contributed by atoms with Crippen LogP contribution in [-0.4, -0.2) is 30.8 Å². The second-order valence-corrected chi connectivity index (χ2v) is 5.39. The number of aromatic carboxylic acids is 1. The fourth-order valence-electron chi connectivity index (χ4n) is 2.03. The van der Waals surface area contributed by atoms with Crippen LogP contribution in [0.25, 0.3) is 0 Å². The number of carboxylic acid groups (broad SMARTS) is 1. The monoisotopic (exact) mass is 313 g/mol. The smallest absolute Gasteiger partial charge is 0.335 e. The Morgan fingerprint density at radius 3 is 2.78 bits per heavy atom. The molecule has 4 nitrogen and oxygen atoms in total. The van der Waals surface area contributed by atoms with Crippen molar-refractivity contribution in [2.45, 2.75) is 12.8 Å². The number of ether oxygens (including phenoxy) is 1. The summed E-state index contributed by atoms with van der Waals surface area (Å²) >= 11 is 3.32. The van der Waals surface area contributed by atoms with Gasteiger partial charge in [-0.15, -0.1) is 0 Å². The third-order valence-corrected chi connectivity index (χ3v) is 3.54. The average Bonchev–Trinajstić information content (AvgIpc) is 2.37. The minimum atomic E-state index is -0.912. The summed E-state index contributed by atoms with van der Waals surface area (Å²) in [4.78, 5) is 10.9. The number of rotatable bonds is 4. The van der Waals surface area contributed by atoms with E-state index in [-0.39, 0.29) is 0 Å². The van der Waals surface area contributed by atoms with Crippen LogP contribution in [0.5, 0.6) is 0 Å². The predicted octanol–water partition coefficient (Wildman–Crippen LogP) is 2.99. The van der Waals surface area contributed by atoms with Gasteiger partial charge in [-0.2, -0.15) is 0 Å². The molecule has 2 N–H and O–H groups in total. The largest absolute Gasteiger partial charge is 0.478 e. The molecule has 1 aromatic carbocycles. The zero-order valence-corrected chi connectivity index (χ0v) is 11.6. The summed E-state index contributed by atoms with van der Waals surface area (Å²) < 4.78 is 6.08. The van der Waals surface area contributed by atoms with Gasteiger partial charge in [0.1, 0.15) is 0 Å². The van der Waals surface area contributed by atoms with Gasteiger partial charge >= 0.3 is 5.97 Å². The van der Waals surface area contributed by atoms with Crippen molar-refractivity contribution in [2.75, 3.05) is 25.1 Å². The molecule has 0 aromatic heterocycles. The lowest BCUT2D eigenvalue weighted by Gasteiger charge is -2.22. The minimum Gasteiger partial charge on any atom is -0.478 e. The van der Waals surface area contributed by atoms with E-state index >= 15 is 0 Å². The van der Waals surface area contributed by atoms with E-state index in [0.29, 0.717) is 11.5 Å². The first-order chi connectivity index (χ1) is 8.65. The zero-order chi connectivity index (χ0) is 13.0. The fraction of sp³-hybridized carbons (Fsp3) is 0.462. The lowest BCUT2D eigenvalue weighted by Crippen LogP contribution is -2.22. The summed E-state index contributed by atoms with van der Waals surface area (Å²) in [6, 6.07) is 5.15. The highest BCUT2D eigenvalue weighted by Crippen LogP contribution is 2.21. The van der Waals surface area contributed by atoms with Gasteiger partial charge in [-0.3, -0.25) is 0 Å². The van der Waals surface area contributed by atoms with E-state index in [0.717, 1.165) is 42.8 Å². The standard InChI is InChI=1S/C13H16BrNO3/c14-11-5-10(13(16)17)6-12(7-11)15-8-9-1-3-18-4-2-9/h5-7,9,15H,1-4,8H2,(H,16,17). The van der Waals surface area contributed by atoms with E-state index in [1.807, 2.05) is 6.07 Å². The molecule has 1 heterocycles. The van der Waals surface area contributed by atoms with Crippen molar-refractivity contribution in [1.29, 1.82) is 0 Å². The van der Waals surface area contributed by atoms with Crippen LogP contribution in [-0.2, 0) is 4.74 Å². The molecule has 0 unspecified atom stereocenters. The summed E-state index contributed by atoms with van der Waals surface area (Å²) in [5, 5.41) is 12.3. The summed E-state index contributed by atoms with van der Waals surface area (Å²) in [5.41, 5.74) is 1.13. The first-order valence-corrected chi connectivity index (χ1v) is 6.80. The molecule has 18 heavy (non-hydrogen) atoms. The highest BCUT2D eigenvalue weighted by atomic mass is 79.9. The van der Waals surface area contributed by atoms with Crippen LogP contribution in [0.1, 0.15) is 23.2 Å². The minimum absolute atomic E-state index is 0.291. The van der Waals surface area contributed by atoms with Crippen LogP contribution >= 0.6 is 15.9 Å². The normalized spacial score (nSPS) is 16.5. The third kappa shape index (κ3) is 3.71. The molecule has 1 saturated heterocycles. The lowest BCUT2D eigenvalue weighted by atomic mass is 10.0. The van der Waals surface area contributed by atoms with E-state index in [2.05, 4.69) is 21.2 Å². The van der Waals surface area contributed by atoms with E-state index in [9.17, 15) is 4.79 Å². The second kappa shape index (κ2) is 6.20. The van der Waals surface area contributed by atoms with Crippen LogP contribution in [0.3, 0.4) is 0 Å². The topological polar surface area (TPSA) is 58.6 Å². The van der Waals surface area contributed by atoms with Crippen LogP contribution in [0.4, 0.5) is 5.69 Å². The van der Waals surface area contributed by atoms with Gasteiger partial charge in [0, 0.05) is 29.9 Å². The Morgan fingerprint density at radius 1 is 1.39 bits per heavy atom. The Hall–Kier alpha value is -1.07. The maximum Gasteiger partial charge on any atom is 0.335 e. The van der Waals surface area contributed by atoms with Gasteiger partial charge < -0.3 is 15.2 Å². The molecule has 0 amide bonds. The summed E-state index contributed by atoms with van der Waals surface area (Å²) in [7, 11) is 0. The second-order valence-electron chi connectivity index (χ2n) is 4.47. The van der Waals surface area contributed by atoms with Gasteiger partial charge in [-0.25, -0.2) is 4.79 Å². The van der Waals surface area contributed by atoms with Crippen LogP contribution in [0, 0.1) is 5.92 Å². The molecule has 1 aliphatic rings. The Balaban J connectivity index is 1.97. The van der Waals surface area contributed by atoms with Gasteiger partial charge in [0.05, 0.1) is 5.56 Å². The first kappa shape index (κ1) is 13.4. The predicted molar refractivity (Wildman–Crippen MR) is 73.1 cm³/mol. The number of carboxylic acids is 1. The molecular formula is C13H16BrNO3. The number of hydrogen-bond acceptors (Lipinski definition) is 3. The Morgan fingerprint density at radius 2 is 2.11 bits per heavy atom. The molecule has 0 atom stereocenters. The molecule has 1 aromatic rings. The summed E-state index contributed by atoms with van der Waals surface area (Å²) in [6.07, 6.45) is 2.12. The molecule has 0 aliphatic carbocycles. The van der Waals surface area contributed by atoms with Gasteiger partial charge in [0.15, 0.2) is 0 Å². The van der Waals surface area contributed by atoms with Gasteiger partial charge in [0.25, 0.3) is 0 Å². The molecule has 98 valence electrons. The van der Waals surface area contributed by atoms with Crippen molar-refractivity contribution in [3.05, 3.63) is 28.2 Å². The third-order valence-electron chi connectivity index (χ3n) is 3.08. The number of hydrogen-bond donors (Lipinski definition) is 2. The van der Waals surface area contributed by atoms with E-state index < -0.39 is 5.97 Å². The van der Waals surface area contributed by atoms with E-state index in [4.69, 9.17) is 9.84 Å². The zero-order valence-electron chi connectivity index (χ0n) is 9.99. The number of carbonyl (C=O) groups is 1. The van der Waals surface area contributed by atoms with Crippen LogP contribution in [0.15, 0.2) is 22.7 Å². The maximum absolute atomic E-state index is 10.9. The molecule has 0 spiro atoms.